The van der Waals surface area contributed by atoms with Crippen molar-refractivity contribution in [2.45, 2.75) is 51.0 Å². The van der Waals surface area contributed by atoms with Crippen LogP contribution in [0.25, 0.3) is 0 Å². The molecular weight excluding hydrogens is 380 g/mol. The van der Waals surface area contributed by atoms with Crippen molar-refractivity contribution >= 4 is 11.8 Å². The molecule has 2 aliphatic rings. The molecule has 0 bridgehead atoms. The number of para-hydroxylation sites is 1. The summed E-state index contributed by atoms with van der Waals surface area (Å²) in [7, 11) is 0. The number of carbonyl (C=O) groups is 2. The van der Waals surface area contributed by atoms with Crippen LogP contribution in [0.5, 0.6) is 5.75 Å². The Balaban J connectivity index is 1.50. The Kier molecular flexibility index (Phi) is 5.84. The molecule has 1 fully saturated rings. The Hall–Kier alpha value is -2.76. The van der Waals surface area contributed by atoms with Gasteiger partial charge in [0.2, 0.25) is 5.91 Å². The maximum absolute atomic E-state index is 12.8. The van der Waals surface area contributed by atoms with Gasteiger partial charge in [-0.25, -0.2) is 0 Å². The van der Waals surface area contributed by atoms with E-state index in [1.165, 1.54) is 6.26 Å². The summed E-state index contributed by atoms with van der Waals surface area (Å²) in [5, 5.41) is 0. The summed E-state index contributed by atoms with van der Waals surface area (Å²) >= 11 is 0. The standard InChI is InChI=1S/C24H30N2O4/c1-3-25(4-2)22(27)16-18-17-24(30-20-9-6-5-8-19(18)20)11-13-26(14-12-24)23(28)21-10-7-15-29-21/h5-10,15,18H,3-4,11-14,16-17H2,1-2H3/t18-/m1/s1. The lowest BCUT2D eigenvalue weighted by Gasteiger charge is -2.47. The van der Waals surface area contributed by atoms with E-state index in [1.54, 1.807) is 12.1 Å². The lowest BCUT2D eigenvalue weighted by Crippen LogP contribution is -2.52. The SMILES string of the molecule is CCN(CC)C(=O)C[C@@H]1CC2(CCN(C(=O)c3ccco3)CC2)Oc2ccccc21. The number of rotatable bonds is 5. The maximum atomic E-state index is 12.8. The molecule has 1 saturated heterocycles. The van der Waals surface area contributed by atoms with Gasteiger partial charge in [-0.1, -0.05) is 18.2 Å². The average Bonchev–Trinajstić information content (AvgIpc) is 3.30. The van der Waals surface area contributed by atoms with E-state index in [1.807, 2.05) is 41.8 Å². The minimum atomic E-state index is -0.331. The zero-order valence-electron chi connectivity index (χ0n) is 17.8. The van der Waals surface area contributed by atoms with Gasteiger partial charge in [-0.05, 0) is 44.0 Å². The molecule has 4 rings (SSSR count). The van der Waals surface area contributed by atoms with Gasteiger partial charge in [0.15, 0.2) is 5.76 Å². The molecule has 1 spiro atoms. The second kappa shape index (κ2) is 8.54. The fourth-order valence-electron chi connectivity index (χ4n) is 4.82. The number of hydrogen-bond acceptors (Lipinski definition) is 4. The maximum Gasteiger partial charge on any atom is 0.289 e. The molecule has 2 aromatic rings. The monoisotopic (exact) mass is 410 g/mol. The molecule has 3 heterocycles. The molecule has 1 aromatic heterocycles. The first-order valence-electron chi connectivity index (χ1n) is 10.9. The van der Waals surface area contributed by atoms with Gasteiger partial charge in [0.05, 0.1) is 6.26 Å². The van der Waals surface area contributed by atoms with Crippen LogP contribution in [0.1, 0.15) is 61.6 Å². The van der Waals surface area contributed by atoms with E-state index in [4.69, 9.17) is 9.15 Å². The second-order valence-electron chi connectivity index (χ2n) is 8.26. The van der Waals surface area contributed by atoms with Gasteiger partial charge >= 0.3 is 0 Å². The molecule has 2 aliphatic heterocycles. The lowest BCUT2D eigenvalue weighted by molar-refractivity contribution is -0.131. The minimum Gasteiger partial charge on any atom is -0.487 e. The van der Waals surface area contributed by atoms with Crippen LogP contribution in [0.3, 0.4) is 0 Å². The third-order valence-electron chi connectivity index (χ3n) is 6.53. The molecule has 160 valence electrons. The average molecular weight is 411 g/mol. The summed E-state index contributed by atoms with van der Waals surface area (Å²) in [5.74, 6) is 1.52. The number of nitrogens with zero attached hydrogens (tertiary/aromatic N) is 2. The number of carbonyl (C=O) groups excluding carboxylic acids is 2. The Morgan fingerprint density at radius 2 is 1.83 bits per heavy atom. The van der Waals surface area contributed by atoms with Crippen molar-refractivity contribution in [1.29, 1.82) is 0 Å². The Morgan fingerprint density at radius 1 is 1.10 bits per heavy atom. The van der Waals surface area contributed by atoms with Crippen molar-refractivity contribution in [3.05, 3.63) is 54.0 Å². The smallest absolute Gasteiger partial charge is 0.289 e. The molecule has 0 aliphatic carbocycles. The van der Waals surface area contributed by atoms with E-state index in [-0.39, 0.29) is 23.3 Å². The molecule has 1 aromatic carbocycles. The van der Waals surface area contributed by atoms with Crippen molar-refractivity contribution in [3.8, 4) is 5.75 Å². The first kappa shape index (κ1) is 20.5. The Bertz CT molecular complexity index is 880. The summed E-state index contributed by atoms with van der Waals surface area (Å²) < 4.78 is 11.8. The van der Waals surface area contributed by atoms with E-state index in [2.05, 4.69) is 6.07 Å². The van der Waals surface area contributed by atoms with Gasteiger partial charge in [0.1, 0.15) is 11.4 Å². The van der Waals surface area contributed by atoms with Crippen molar-refractivity contribution in [2.75, 3.05) is 26.2 Å². The van der Waals surface area contributed by atoms with Crippen LogP contribution in [0.15, 0.2) is 47.1 Å². The molecule has 0 saturated carbocycles. The van der Waals surface area contributed by atoms with E-state index in [0.29, 0.717) is 25.3 Å². The molecular formula is C24H30N2O4. The van der Waals surface area contributed by atoms with Gasteiger partial charge in [0.25, 0.3) is 5.91 Å². The van der Waals surface area contributed by atoms with Crippen LogP contribution in [-0.4, -0.2) is 53.4 Å². The summed E-state index contributed by atoms with van der Waals surface area (Å²) in [6, 6.07) is 11.5. The molecule has 0 N–H and O–H groups in total. The number of likely N-dealkylation sites (tertiary alicyclic amines) is 1. The van der Waals surface area contributed by atoms with Crippen molar-refractivity contribution in [3.63, 3.8) is 0 Å². The quantitative estimate of drug-likeness (QED) is 0.745. The highest BCUT2D eigenvalue weighted by atomic mass is 16.5. The minimum absolute atomic E-state index is 0.0701. The van der Waals surface area contributed by atoms with E-state index in [0.717, 1.165) is 43.7 Å². The van der Waals surface area contributed by atoms with Gasteiger partial charge in [-0.3, -0.25) is 9.59 Å². The second-order valence-corrected chi connectivity index (χ2v) is 8.26. The molecule has 6 nitrogen and oxygen atoms in total. The van der Waals surface area contributed by atoms with Crippen LogP contribution >= 0.6 is 0 Å². The summed E-state index contributed by atoms with van der Waals surface area (Å²) in [6.45, 7) is 6.75. The summed E-state index contributed by atoms with van der Waals surface area (Å²) in [5.41, 5.74) is 0.792. The number of fused-ring (bicyclic) bond motifs is 1. The normalized spacial score (nSPS) is 19.8. The van der Waals surface area contributed by atoms with Crippen molar-refractivity contribution in [1.82, 2.24) is 9.80 Å². The molecule has 1 atom stereocenters. The number of amides is 2. The fourth-order valence-corrected chi connectivity index (χ4v) is 4.82. The molecule has 30 heavy (non-hydrogen) atoms. The zero-order chi connectivity index (χ0) is 21.1. The van der Waals surface area contributed by atoms with Crippen LogP contribution in [0.2, 0.25) is 0 Å². The number of ether oxygens (including phenoxy) is 1. The first-order chi connectivity index (χ1) is 14.5. The number of piperidine rings is 1. The van der Waals surface area contributed by atoms with Gasteiger partial charge in [-0.15, -0.1) is 0 Å². The largest absolute Gasteiger partial charge is 0.487 e. The van der Waals surface area contributed by atoms with Crippen molar-refractivity contribution < 1.29 is 18.7 Å². The summed E-state index contributed by atoms with van der Waals surface area (Å²) in [6.07, 6.45) is 4.34. The van der Waals surface area contributed by atoms with Crippen molar-refractivity contribution in [2.24, 2.45) is 0 Å². The number of benzene rings is 1. The predicted molar refractivity (Wildman–Crippen MR) is 114 cm³/mol. The molecule has 2 amide bonds. The van der Waals surface area contributed by atoms with Gasteiger partial charge in [0, 0.05) is 51.4 Å². The van der Waals surface area contributed by atoms with Crippen LogP contribution in [-0.2, 0) is 4.79 Å². The van der Waals surface area contributed by atoms with E-state index >= 15 is 0 Å². The third kappa shape index (κ3) is 3.95. The van der Waals surface area contributed by atoms with Gasteiger partial charge < -0.3 is 19.0 Å². The van der Waals surface area contributed by atoms with Gasteiger partial charge in [-0.2, -0.15) is 0 Å². The predicted octanol–water partition coefficient (Wildman–Crippen LogP) is 4.08. The Morgan fingerprint density at radius 3 is 2.50 bits per heavy atom. The van der Waals surface area contributed by atoms with Crippen LogP contribution in [0.4, 0.5) is 0 Å². The number of hydrogen-bond donors (Lipinski definition) is 0. The Labute approximate surface area is 177 Å². The zero-order valence-corrected chi connectivity index (χ0v) is 17.8. The highest BCUT2D eigenvalue weighted by molar-refractivity contribution is 5.91. The van der Waals surface area contributed by atoms with E-state index < -0.39 is 0 Å². The fraction of sp³-hybridized carbons (Fsp3) is 0.500. The first-order valence-corrected chi connectivity index (χ1v) is 10.9. The van der Waals surface area contributed by atoms with E-state index in [9.17, 15) is 9.59 Å². The molecule has 6 heteroatoms. The summed E-state index contributed by atoms with van der Waals surface area (Å²) in [4.78, 5) is 29.2. The highest BCUT2D eigenvalue weighted by Gasteiger charge is 2.44. The highest BCUT2D eigenvalue weighted by Crippen LogP contribution is 2.46. The van der Waals surface area contributed by atoms with Crippen LogP contribution in [0, 0.1) is 0 Å². The van der Waals surface area contributed by atoms with Crippen LogP contribution < -0.4 is 4.74 Å². The number of furan rings is 1. The lowest BCUT2D eigenvalue weighted by atomic mass is 9.76. The third-order valence-corrected chi connectivity index (χ3v) is 6.53. The molecule has 0 radical (unpaired) electrons. The molecule has 0 unspecified atom stereocenters. The topological polar surface area (TPSA) is 63.0 Å².